The third kappa shape index (κ3) is 1.95. The lowest BCUT2D eigenvalue weighted by Gasteiger charge is -2.12. The second-order valence-corrected chi connectivity index (χ2v) is 6.72. The Balaban J connectivity index is 1.60. The van der Waals surface area contributed by atoms with E-state index in [0.29, 0.717) is 4.83 Å². The fraction of sp³-hybridized carbons (Fsp3) is 0.600. The van der Waals surface area contributed by atoms with E-state index in [2.05, 4.69) is 47.1 Å². The van der Waals surface area contributed by atoms with Crippen molar-refractivity contribution in [2.24, 2.45) is 17.8 Å². The SMILES string of the molecule is Cc1ccc(CC(Br)C2C3CCCC32)cc1. The summed E-state index contributed by atoms with van der Waals surface area (Å²) in [7, 11) is 0. The minimum atomic E-state index is 0.713. The van der Waals surface area contributed by atoms with Crippen LogP contribution >= 0.6 is 15.9 Å². The molecule has 2 fully saturated rings. The van der Waals surface area contributed by atoms with Gasteiger partial charge >= 0.3 is 0 Å². The Labute approximate surface area is 107 Å². The Morgan fingerprint density at radius 3 is 2.44 bits per heavy atom. The van der Waals surface area contributed by atoms with E-state index < -0.39 is 0 Å². The molecular weight excluding hydrogens is 260 g/mol. The summed E-state index contributed by atoms with van der Waals surface area (Å²) in [5.41, 5.74) is 2.84. The van der Waals surface area contributed by atoms with E-state index in [4.69, 9.17) is 0 Å². The van der Waals surface area contributed by atoms with Crippen LogP contribution in [0.15, 0.2) is 24.3 Å². The lowest BCUT2D eigenvalue weighted by molar-refractivity contribution is 0.569. The van der Waals surface area contributed by atoms with Crippen LogP contribution in [0.4, 0.5) is 0 Å². The fourth-order valence-electron chi connectivity index (χ4n) is 3.50. The summed E-state index contributed by atoms with van der Waals surface area (Å²) in [5, 5.41) is 0. The van der Waals surface area contributed by atoms with Crippen LogP contribution in [0.2, 0.25) is 0 Å². The predicted octanol–water partition coefficient (Wildman–Crippen LogP) is 4.35. The molecule has 3 atom stereocenters. The van der Waals surface area contributed by atoms with Gasteiger partial charge in [-0.05, 0) is 49.5 Å². The van der Waals surface area contributed by atoms with Gasteiger partial charge in [0.25, 0.3) is 0 Å². The van der Waals surface area contributed by atoms with Crippen molar-refractivity contribution in [3.8, 4) is 0 Å². The van der Waals surface area contributed by atoms with Gasteiger partial charge in [-0.1, -0.05) is 52.2 Å². The molecule has 2 aliphatic rings. The molecule has 3 rings (SSSR count). The molecule has 1 aromatic carbocycles. The molecule has 0 heterocycles. The molecule has 0 radical (unpaired) electrons. The van der Waals surface area contributed by atoms with E-state index in [1.807, 2.05) is 0 Å². The normalized spacial score (nSPS) is 33.5. The van der Waals surface area contributed by atoms with Crippen LogP contribution in [0.3, 0.4) is 0 Å². The average molecular weight is 279 g/mol. The molecule has 16 heavy (non-hydrogen) atoms. The highest BCUT2D eigenvalue weighted by Gasteiger charge is 2.54. The van der Waals surface area contributed by atoms with Gasteiger partial charge in [0.15, 0.2) is 0 Å². The maximum atomic E-state index is 3.92. The highest BCUT2D eigenvalue weighted by Crippen LogP contribution is 2.60. The van der Waals surface area contributed by atoms with Crippen molar-refractivity contribution >= 4 is 15.9 Å². The van der Waals surface area contributed by atoms with Crippen molar-refractivity contribution in [3.05, 3.63) is 35.4 Å². The third-order valence-corrected chi connectivity index (χ3v) is 5.38. The molecule has 0 spiro atoms. The molecule has 0 nitrogen and oxygen atoms in total. The molecule has 86 valence electrons. The van der Waals surface area contributed by atoms with Crippen LogP contribution in [0.5, 0.6) is 0 Å². The Morgan fingerprint density at radius 2 is 1.81 bits per heavy atom. The number of fused-ring (bicyclic) bond motifs is 1. The highest BCUT2D eigenvalue weighted by atomic mass is 79.9. The largest absolute Gasteiger partial charge is 0.0884 e. The standard InChI is InChI=1S/C15H19Br/c1-10-5-7-11(8-6-10)9-14(16)15-12-3-2-4-13(12)15/h5-8,12-15H,2-4,9H2,1H3. The van der Waals surface area contributed by atoms with Gasteiger partial charge in [0.1, 0.15) is 0 Å². The van der Waals surface area contributed by atoms with E-state index in [-0.39, 0.29) is 0 Å². The number of hydrogen-bond donors (Lipinski definition) is 0. The van der Waals surface area contributed by atoms with Gasteiger partial charge in [0, 0.05) is 4.83 Å². The monoisotopic (exact) mass is 278 g/mol. The van der Waals surface area contributed by atoms with Crippen molar-refractivity contribution in [2.75, 3.05) is 0 Å². The summed E-state index contributed by atoms with van der Waals surface area (Å²) in [6, 6.07) is 9.01. The van der Waals surface area contributed by atoms with Crippen molar-refractivity contribution in [2.45, 2.75) is 37.4 Å². The Hall–Kier alpha value is -0.300. The molecule has 3 unspecified atom stereocenters. The fourth-order valence-corrected chi connectivity index (χ4v) is 4.66. The Bertz CT molecular complexity index is 358. The van der Waals surface area contributed by atoms with Crippen LogP contribution in [0.1, 0.15) is 30.4 Å². The molecule has 0 N–H and O–H groups in total. The second kappa shape index (κ2) is 4.18. The molecule has 0 saturated heterocycles. The molecule has 1 heteroatoms. The first-order valence-electron chi connectivity index (χ1n) is 6.45. The van der Waals surface area contributed by atoms with Crippen LogP contribution in [-0.2, 0) is 6.42 Å². The minimum absolute atomic E-state index is 0.713. The van der Waals surface area contributed by atoms with Gasteiger partial charge in [-0.3, -0.25) is 0 Å². The summed E-state index contributed by atoms with van der Waals surface area (Å²) in [5.74, 6) is 3.11. The topological polar surface area (TPSA) is 0 Å². The van der Waals surface area contributed by atoms with Crippen LogP contribution in [0.25, 0.3) is 0 Å². The number of halogens is 1. The molecule has 1 aromatic rings. The molecule has 0 aliphatic heterocycles. The zero-order chi connectivity index (χ0) is 11.1. The van der Waals surface area contributed by atoms with Gasteiger partial charge in [0.2, 0.25) is 0 Å². The molecule has 0 amide bonds. The predicted molar refractivity (Wildman–Crippen MR) is 71.9 cm³/mol. The Morgan fingerprint density at radius 1 is 1.19 bits per heavy atom. The lowest BCUT2D eigenvalue weighted by atomic mass is 10.0. The molecule has 2 saturated carbocycles. The zero-order valence-corrected chi connectivity index (χ0v) is 11.4. The summed E-state index contributed by atoms with van der Waals surface area (Å²) in [6.45, 7) is 2.15. The summed E-state index contributed by atoms with van der Waals surface area (Å²) in [6.07, 6.45) is 5.67. The number of rotatable bonds is 3. The van der Waals surface area contributed by atoms with Gasteiger partial charge in [-0.2, -0.15) is 0 Å². The number of aryl methyl sites for hydroxylation is 1. The minimum Gasteiger partial charge on any atom is -0.0884 e. The van der Waals surface area contributed by atoms with E-state index >= 15 is 0 Å². The number of hydrogen-bond acceptors (Lipinski definition) is 0. The zero-order valence-electron chi connectivity index (χ0n) is 9.83. The van der Waals surface area contributed by atoms with Gasteiger partial charge in [-0.15, -0.1) is 0 Å². The quantitative estimate of drug-likeness (QED) is 0.722. The molecule has 0 aromatic heterocycles. The average Bonchev–Trinajstić information content (AvgIpc) is 2.76. The van der Waals surface area contributed by atoms with Gasteiger partial charge in [0.05, 0.1) is 0 Å². The van der Waals surface area contributed by atoms with Crippen LogP contribution < -0.4 is 0 Å². The van der Waals surface area contributed by atoms with Crippen LogP contribution in [0, 0.1) is 24.7 Å². The number of alkyl halides is 1. The smallest absolute Gasteiger partial charge is 0.0219 e. The van der Waals surface area contributed by atoms with E-state index in [0.717, 1.165) is 17.8 Å². The van der Waals surface area contributed by atoms with E-state index in [1.165, 1.54) is 36.8 Å². The van der Waals surface area contributed by atoms with E-state index in [1.54, 1.807) is 0 Å². The Kier molecular flexibility index (Phi) is 2.83. The highest BCUT2D eigenvalue weighted by molar-refractivity contribution is 9.09. The second-order valence-electron chi connectivity index (χ2n) is 5.54. The lowest BCUT2D eigenvalue weighted by Crippen LogP contribution is -2.09. The van der Waals surface area contributed by atoms with Crippen molar-refractivity contribution in [1.82, 2.24) is 0 Å². The first-order valence-corrected chi connectivity index (χ1v) is 7.37. The maximum absolute atomic E-state index is 3.92. The summed E-state index contributed by atoms with van der Waals surface area (Å²) < 4.78 is 0. The first-order chi connectivity index (χ1) is 7.75. The summed E-state index contributed by atoms with van der Waals surface area (Å²) >= 11 is 3.92. The first kappa shape index (κ1) is 10.8. The van der Waals surface area contributed by atoms with Gasteiger partial charge in [-0.25, -0.2) is 0 Å². The maximum Gasteiger partial charge on any atom is 0.0219 e. The number of benzene rings is 1. The van der Waals surface area contributed by atoms with Crippen molar-refractivity contribution in [1.29, 1.82) is 0 Å². The van der Waals surface area contributed by atoms with Gasteiger partial charge < -0.3 is 0 Å². The molecular formula is C15H19Br. The molecule has 0 bridgehead atoms. The van der Waals surface area contributed by atoms with Crippen LogP contribution in [-0.4, -0.2) is 4.83 Å². The summed E-state index contributed by atoms with van der Waals surface area (Å²) in [4.78, 5) is 0.713. The van der Waals surface area contributed by atoms with Crippen molar-refractivity contribution in [3.63, 3.8) is 0 Å². The van der Waals surface area contributed by atoms with Crippen molar-refractivity contribution < 1.29 is 0 Å². The molecule has 2 aliphatic carbocycles. The third-order valence-electron chi connectivity index (χ3n) is 4.44. The van der Waals surface area contributed by atoms with E-state index in [9.17, 15) is 0 Å².